The van der Waals surface area contributed by atoms with Gasteiger partial charge in [-0.15, -0.1) is 10.2 Å². The fourth-order valence-electron chi connectivity index (χ4n) is 3.57. The largest absolute Gasteiger partial charge is 0.308 e. The molecule has 0 fully saturated rings. The Balaban J connectivity index is 1.53. The van der Waals surface area contributed by atoms with Gasteiger partial charge in [0, 0.05) is 24.3 Å². The molecule has 0 radical (unpaired) electrons. The molecule has 5 nitrogen and oxygen atoms in total. The summed E-state index contributed by atoms with van der Waals surface area (Å²) in [6.07, 6.45) is 0.873. The second-order valence-electron chi connectivity index (χ2n) is 7.02. The Hall–Kier alpha value is -2.67. The Morgan fingerprint density at radius 2 is 1.89 bits per heavy atom. The second kappa shape index (κ2) is 7.39. The molecule has 4 rings (SSSR count). The molecular weight excluding hydrogens is 375 g/mol. The monoisotopic (exact) mass is 396 g/mol. The number of thioether (sulfide) groups is 1. The third kappa shape index (κ3) is 3.30. The number of amides is 1. The standard InChI is InChI=1S/C21H21FN4OS/c1-13-12-16-6-4-5-7-18(16)26(13)20(27)14(2)28-21-24-23-19(25(21)3)15-8-10-17(22)11-9-15/h4-11,13-14H,12H2,1-3H3/t13-,14+/m0/s1. The molecule has 0 N–H and O–H groups in total. The molecule has 1 amide bonds. The van der Waals surface area contributed by atoms with E-state index < -0.39 is 0 Å². The van der Waals surface area contributed by atoms with Gasteiger partial charge >= 0.3 is 0 Å². The average Bonchev–Trinajstić information content (AvgIpc) is 3.21. The molecule has 0 saturated carbocycles. The van der Waals surface area contributed by atoms with E-state index in [-0.39, 0.29) is 23.0 Å². The van der Waals surface area contributed by atoms with E-state index in [4.69, 9.17) is 0 Å². The first-order valence-corrected chi connectivity index (χ1v) is 10.1. The molecule has 0 aliphatic carbocycles. The third-order valence-electron chi connectivity index (χ3n) is 5.01. The summed E-state index contributed by atoms with van der Waals surface area (Å²) in [6.45, 7) is 3.97. The van der Waals surface area contributed by atoms with E-state index in [2.05, 4.69) is 23.2 Å². The van der Waals surface area contributed by atoms with Crippen molar-refractivity contribution in [2.24, 2.45) is 7.05 Å². The third-order valence-corrected chi connectivity index (χ3v) is 6.13. The maximum atomic E-state index is 13.2. The molecule has 0 unspecified atom stereocenters. The van der Waals surface area contributed by atoms with Gasteiger partial charge in [0.2, 0.25) is 5.91 Å². The number of anilines is 1. The quantitative estimate of drug-likeness (QED) is 0.624. The second-order valence-corrected chi connectivity index (χ2v) is 8.33. The molecule has 28 heavy (non-hydrogen) atoms. The van der Waals surface area contributed by atoms with Gasteiger partial charge in [-0.3, -0.25) is 4.79 Å². The molecule has 1 aliphatic rings. The highest BCUT2D eigenvalue weighted by Gasteiger charge is 2.34. The van der Waals surface area contributed by atoms with Crippen molar-refractivity contribution in [2.75, 3.05) is 4.90 Å². The van der Waals surface area contributed by atoms with Crippen LogP contribution in [-0.2, 0) is 18.3 Å². The first-order valence-electron chi connectivity index (χ1n) is 9.18. The minimum Gasteiger partial charge on any atom is -0.308 e. The molecule has 0 saturated heterocycles. The summed E-state index contributed by atoms with van der Waals surface area (Å²) < 4.78 is 15.0. The van der Waals surface area contributed by atoms with Crippen molar-refractivity contribution in [2.45, 2.75) is 36.7 Å². The predicted molar refractivity (Wildman–Crippen MR) is 109 cm³/mol. The fourth-order valence-corrected chi connectivity index (χ4v) is 4.44. The van der Waals surface area contributed by atoms with Gasteiger partial charge in [-0.1, -0.05) is 30.0 Å². The highest BCUT2D eigenvalue weighted by Crippen LogP contribution is 2.35. The zero-order chi connectivity index (χ0) is 19.8. The molecule has 3 aromatic rings. The summed E-state index contributed by atoms with van der Waals surface area (Å²) in [5.74, 6) is 0.413. The lowest BCUT2D eigenvalue weighted by molar-refractivity contribution is -0.118. The van der Waals surface area contributed by atoms with Gasteiger partial charge in [0.05, 0.1) is 5.25 Å². The van der Waals surface area contributed by atoms with Gasteiger partial charge in [0.15, 0.2) is 11.0 Å². The number of aromatic nitrogens is 3. The van der Waals surface area contributed by atoms with Gasteiger partial charge < -0.3 is 9.47 Å². The molecule has 0 bridgehead atoms. The first kappa shape index (κ1) is 18.7. The lowest BCUT2D eigenvalue weighted by Gasteiger charge is -2.25. The van der Waals surface area contributed by atoms with Crippen LogP contribution in [-0.4, -0.2) is 32.0 Å². The molecule has 2 heterocycles. The number of benzene rings is 2. The fraction of sp³-hybridized carbons (Fsp3) is 0.286. The van der Waals surface area contributed by atoms with Crippen molar-refractivity contribution in [3.63, 3.8) is 0 Å². The summed E-state index contributed by atoms with van der Waals surface area (Å²) >= 11 is 1.38. The van der Waals surface area contributed by atoms with Gasteiger partial charge in [-0.25, -0.2) is 4.39 Å². The van der Waals surface area contributed by atoms with Gasteiger partial charge in [0.1, 0.15) is 5.82 Å². The lowest BCUT2D eigenvalue weighted by atomic mass is 10.1. The Kier molecular flexibility index (Phi) is 4.93. The van der Waals surface area contributed by atoms with E-state index in [1.807, 2.05) is 41.6 Å². The van der Waals surface area contributed by atoms with Crippen molar-refractivity contribution in [1.29, 1.82) is 0 Å². The van der Waals surface area contributed by atoms with Crippen LogP contribution in [0.15, 0.2) is 53.7 Å². The van der Waals surface area contributed by atoms with E-state index in [9.17, 15) is 9.18 Å². The van der Waals surface area contributed by atoms with Crippen LogP contribution in [0.2, 0.25) is 0 Å². The van der Waals surface area contributed by atoms with Crippen LogP contribution in [0, 0.1) is 5.82 Å². The van der Waals surface area contributed by atoms with Crippen LogP contribution >= 0.6 is 11.8 Å². The summed E-state index contributed by atoms with van der Waals surface area (Å²) in [5.41, 5.74) is 2.99. The highest BCUT2D eigenvalue weighted by atomic mass is 32.2. The number of rotatable bonds is 4. The van der Waals surface area contributed by atoms with Gasteiger partial charge in [0.25, 0.3) is 0 Å². The molecule has 2 aromatic carbocycles. The molecule has 7 heteroatoms. The van der Waals surface area contributed by atoms with Crippen molar-refractivity contribution < 1.29 is 9.18 Å². The minimum absolute atomic E-state index is 0.0637. The summed E-state index contributed by atoms with van der Waals surface area (Å²) in [6, 6.07) is 14.3. The first-order chi connectivity index (χ1) is 13.5. The summed E-state index contributed by atoms with van der Waals surface area (Å²) in [4.78, 5) is 15.0. The maximum absolute atomic E-state index is 13.2. The molecule has 1 aromatic heterocycles. The number of nitrogens with zero attached hydrogens (tertiary/aromatic N) is 4. The number of carbonyl (C=O) groups is 1. The van der Waals surface area contributed by atoms with E-state index in [0.717, 1.165) is 17.7 Å². The van der Waals surface area contributed by atoms with Crippen molar-refractivity contribution in [1.82, 2.24) is 14.8 Å². The Bertz CT molecular complexity index is 1020. The smallest absolute Gasteiger partial charge is 0.240 e. The van der Waals surface area contributed by atoms with Crippen molar-refractivity contribution in [3.8, 4) is 11.4 Å². The average molecular weight is 396 g/mol. The van der Waals surface area contributed by atoms with Crippen LogP contribution in [0.25, 0.3) is 11.4 Å². The van der Waals surface area contributed by atoms with Crippen LogP contribution in [0.1, 0.15) is 19.4 Å². The Morgan fingerprint density at radius 1 is 1.18 bits per heavy atom. The Morgan fingerprint density at radius 3 is 2.64 bits per heavy atom. The van der Waals surface area contributed by atoms with Gasteiger partial charge in [-0.05, 0) is 56.2 Å². The van der Waals surface area contributed by atoms with Crippen LogP contribution in [0.3, 0.4) is 0 Å². The normalized spacial score (nSPS) is 16.9. The van der Waals surface area contributed by atoms with Crippen LogP contribution < -0.4 is 4.90 Å². The topological polar surface area (TPSA) is 51.0 Å². The zero-order valence-corrected chi connectivity index (χ0v) is 16.8. The highest BCUT2D eigenvalue weighted by molar-refractivity contribution is 8.00. The number of halogens is 1. The number of carbonyl (C=O) groups excluding carboxylic acids is 1. The van der Waals surface area contributed by atoms with Crippen LogP contribution in [0.5, 0.6) is 0 Å². The van der Waals surface area contributed by atoms with E-state index in [0.29, 0.717) is 11.0 Å². The molecule has 1 aliphatic heterocycles. The number of fused-ring (bicyclic) bond motifs is 1. The number of hydrogen-bond acceptors (Lipinski definition) is 4. The van der Waals surface area contributed by atoms with Gasteiger partial charge in [-0.2, -0.15) is 0 Å². The number of para-hydroxylation sites is 1. The van der Waals surface area contributed by atoms with E-state index >= 15 is 0 Å². The molecule has 2 atom stereocenters. The minimum atomic E-state index is -0.308. The van der Waals surface area contributed by atoms with E-state index in [1.165, 1.54) is 29.5 Å². The molecule has 144 valence electrons. The van der Waals surface area contributed by atoms with Crippen molar-refractivity contribution >= 4 is 23.4 Å². The summed E-state index contributed by atoms with van der Waals surface area (Å²) in [5, 5.41) is 8.80. The zero-order valence-electron chi connectivity index (χ0n) is 16.0. The van der Waals surface area contributed by atoms with Crippen LogP contribution in [0.4, 0.5) is 10.1 Å². The Labute approximate surface area is 167 Å². The lowest BCUT2D eigenvalue weighted by Crippen LogP contribution is -2.40. The van der Waals surface area contributed by atoms with E-state index in [1.54, 1.807) is 12.1 Å². The number of hydrogen-bond donors (Lipinski definition) is 0. The molecular formula is C21H21FN4OS. The van der Waals surface area contributed by atoms with Crippen molar-refractivity contribution in [3.05, 3.63) is 59.9 Å². The summed E-state index contributed by atoms with van der Waals surface area (Å²) in [7, 11) is 1.85. The SMILES string of the molecule is C[C@@H](Sc1nnc(-c2ccc(F)cc2)n1C)C(=O)N1c2ccccc2C[C@@H]1C. The predicted octanol–water partition coefficient (Wildman–Crippen LogP) is 4.08. The molecule has 0 spiro atoms. The maximum Gasteiger partial charge on any atom is 0.240 e.